The van der Waals surface area contributed by atoms with Crippen molar-refractivity contribution in [2.24, 2.45) is 0 Å². The number of methoxy groups -OCH3 is 1. The Balaban J connectivity index is 1.50. The molecule has 0 radical (unpaired) electrons. The second-order valence-electron chi connectivity index (χ2n) is 5.67. The summed E-state index contributed by atoms with van der Waals surface area (Å²) in [4.78, 5) is 17.6. The number of nitrogens with zero attached hydrogens (tertiary/aromatic N) is 1. The lowest BCUT2D eigenvalue weighted by atomic mass is 10.2. The van der Waals surface area contributed by atoms with Crippen molar-refractivity contribution in [1.29, 1.82) is 0 Å². The van der Waals surface area contributed by atoms with Crippen LogP contribution in [0.1, 0.15) is 5.56 Å². The summed E-state index contributed by atoms with van der Waals surface area (Å²) in [5, 5.41) is 3.95. The number of hydrogen-bond donors (Lipinski definition) is 1. The van der Waals surface area contributed by atoms with Crippen LogP contribution < -0.4 is 10.1 Å². The number of pyridine rings is 1. The molecule has 1 amide bonds. The molecule has 1 N–H and O–H groups in total. The Morgan fingerprint density at radius 1 is 1.04 bits per heavy atom. The molecule has 0 fully saturated rings. The van der Waals surface area contributed by atoms with Crippen LogP contribution in [0.4, 0.5) is 5.69 Å². The molecule has 1 heterocycles. The number of anilines is 1. The fraction of sp³-hybridized carbons (Fsp3) is 0.143. The third-order valence-electron chi connectivity index (χ3n) is 3.66. The summed E-state index contributed by atoms with van der Waals surface area (Å²) >= 11 is 3.17. The third kappa shape index (κ3) is 6.34. The van der Waals surface area contributed by atoms with Gasteiger partial charge in [0.25, 0.3) is 0 Å². The van der Waals surface area contributed by atoms with Crippen molar-refractivity contribution >= 4 is 35.1 Å². The number of thioether (sulfide) groups is 2. The van der Waals surface area contributed by atoms with Gasteiger partial charge < -0.3 is 10.1 Å². The van der Waals surface area contributed by atoms with Gasteiger partial charge in [0.15, 0.2) is 0 Å². The van der Waals surface area contributed by atoms with Gasteiger partial charge in [-0.2, -0.15) is 0 Å². The molecule has 27 heavy (non-hydrogen) atoms. The number of nitrogens with one attached hydrogen (secondary N) is 1. The quantitative estimate of drug-likeness (QED) is 0.536. The first-order valence-electron chi connectivity index (χ1n) is 8.42. The molecule has 0 bridgehead atoms. The molecule has 0 saturated heterocycles. The van der Waals surface area contributed by atoms with Crippen LogP contribution >= 0.6 is 23.5 Å². The van der Waals surface area contributed by atoms with Crippen molar-refractivity contribution in [3.63, 3.8) is 0 Å². The van der Waals surface area contributed by atoms with Crippen molar-refractivity contribution in [1.82, 2.24) is 4.98 Å². The van der Waals surface area contributed by atoms with E-state index in [1.54, 1.807) is 25.1 Å². The lowest BCUT2D eigenvalue weighted by Gasteiger charge is -2.08. The predicted molar refractivity (Wildman–Crippen MR) is 113 cm³/mol. The molecule has 4 nitrogen and oxygen atoms in total. The summed E-state index contributed by atoms with van der Waals surface area (Å²) in [5.74, 6) is 1.95. The van der Waals surface area contributed by atoms with Gasteiger partial charge in [-0.1, -0.05) is 18.2 Å². The van der Waals surface area contributed by atoms with E-state index >= 15 is 0 Å². The van der Waals surface area contributed by atoms with E-state index in [9.17, 15) is 4.79 Å². The topological polar surface area (TPSA) is 51.2 Å². The number of ether oxygens (including phenoxy) is 1. The first kappa shape index (κ1) is 19.3. The van der Waals surface area contributed by atoms with E-state index in [0.29, 0.717) is 5.75 Å². The van der Waals surface area contributed by atoms with E-state index in [4.69, 9.17) is 4.74 Å². The van der Waals surface area contributed by atoms with E-state index in [0.717, 1.165) is 32.7 Å². The maximum Gasteiger partial charge on any atom is 0.234 e. The van der Waals surface area contributed by atoms with Crippen LogP contribution in [0.3, 0.4) is 0 Å². The van der Waals surface area contributed by atoms with E-state index in [-0.39, 0.29) is 5.91 Å². The molecule has 1 aromatic heterocycles. The lowest BCUT2D eigenvalue weighted by Crippen LogP contribution is -2.14. The number of benzene rings is 2. The smallest absolute Gasteiger partial charge is 0.234 e. The van der Waals surface area contributed by atoms with Gasteiger partial charge in [0, 0.05) is 22.5 Å². The average Bonchev–Trinajstić information content (AvgIpc) is 2.72. The van der Waals surface area contributed by atoms with Crippen LogP contribution in [0.15, 0.2) is 82.8 Å². The van der Waals surface area contributed by atoms with Gasteiger partial charge in [-0.3, -0.25) is 4.79 Å². The van der Waals surface area contributed by atoms with Crippen LogP contribution in [-0.2, 0) is 10.5 Å². The molecule has 138 valence electrons. The predicted octanol–water partition coefficient (Wildman–Crippen LogP) is 5.11. The number of carbonyl (C=O) groups excluding carboxylic acids is 1. The summed E-state index contributed by atoms with van der Waals surface area (Å²) in [6, 6.07) is 21.5. The Morgan fingerprint density at radius 3 is 2.63 bits per heavy atom. The van der Waals surface area contributed by atoms with Crippen molar-refractivity contribution < 1.29 is 9.53 Å². The van der Waals surface area contributed by atoms with Crippen molar-refractivity contribution in [2.75, 3.05) is 18.2 Å². The molecular formula is C21H20N2O2S2. The van der Waals surface area contributed by atoms with E-state index in [1.165, 1.54) is 11.8 Å². The molecular weight excluding hydrogens is 376 g/mol. The monoisotopic (exact) mass is 396 g/mol. The van der Waals surface area contributed by atoms with Crippen LogP contribution in [0.5, 0.6) is 5.75 Å². The summed E-state index contributed by atoms with van der Waals surface area (Å²) in [7, 11) is 1.64. The van der Waals surface area contributed by atoms with Crippen molar-refractivity contribution in [3.05, 3.63) is 78.5 Å². The minimum atomic E-state index is -0.0228. The first-order valence-corrected chi connectivity index (χ1v) is 10.4. The molecule has 3 rings (SSSR count). The van der Waals surface area contributed by atoms with E-state index < -0.39 is 0 Å². The molecule has 2 aromatic carbocycles. The third-order valence-corrected chi connectivity index (χ3v) is 5.69. The zero-order chi connectivity index (χ0) is 18.9. The fourth-order valence-corrected chi connectivity index (χ4v) is 3.85. The summed E-state index contributed by atoms with van der Waals surface area (Å²) in [5.41, 5.74) is 1.96. The highest BCUT2D eigenvalue weighted by molar-refractivity contribution is 8.00. The number of hydrogen-bond acceptors (Lipinski definition) is 5. The fourth-order valence-electron chi connectivity index (χ4n) is 2.35. The maximum atomic E-state index is 12.2. The average molecular weight is 397 g/mol. The maximum absolute atomic E-state index is 12.2. The summed E-state index contributed by atoms with van der Waals surface area (Å²) in [6.45, 7) is 0. The van der Waals surface area contributed by atoms with E-state index in [1.807, 2.05) is 60.7 Å². The van der Waals surface area contributed by atoms with Crippen molar-refractivity contribution in [3.8, 4) is 5.75 Å². The van der Waals surface area contributed by atoms with E-state index in [2.05, 4.69) is 16.4 Å². The molecule has 6 heteroatoms. The molecule has 3 aromatic rings. The largest absolute Gasteiger partial charge is 0.497 e. The minimum absolute atomic E-state index is 0.0228. The van der Waals surface area contributed by atoms with Crippen LogP contribution in [-0.4, -0.2) is 23.8 Å². The number of aromatic nitrogens is 1. The Bertz CT molecular complexity index is 871. The van der Waals surface area contributed by atoms with Crippen LogP contribution in [0.2, 0.25) is 0 Å². The number of carbonyl (C=O) groups is 1. The highest BCUT2D eigenvalue weighted by atomic mass is 32.2. The first-order chi connectivity index (χ1) is 13.2. The molecule has 0 saturated carbocycles. The number of amides is 1. The molecule has 0 aliphatic heterocycles. The summed E-state index contributed by atoms with van der Waals surface area (Å²) < 4.78 is 5.14. The van der Waals surface area contributed by atoms with Gasteiger partial charge in [-0.25, -0.2) is 4.98 Å². The second-order valence-corrected chi connectivity index (χ2v) is 7.71. The molecule has 0 spiro atoms. The highest BCUT2D eigenvalue weighted by Gasteiger charge is 2.05. The van der Waals surface area contributed by atoms with Gasteiger partial charge in [-0.05, 0) is 54.1 Å². The Hall–Kier alpha value is -2.44. The molecule has 0 aliphatic rings. The minimum Gasteiger partial charge on any atom is -0.497 e. The van der Waals surface area contributed by atoms with Gasteiger partial charge in [0.2, 0.25) is 5.91 Å². The zero-order valence-electron chi connectivity index (χ0n) is 14.9. The standard InChI is InChI=1S/C21H20N2O2S2/c1-25-18-8-10-19(11-9-18)26-15-20(24)23-17-6-4-5-16(13-17)14-27-21-7-2-3-12-22-21/h2-13H,14-15H2,1H3,(H,23,24). The lowest BCUT2D eigenvalue weighted by molar-refractivity contribution is -0.113. The Morgan fingerprint density at radius 2 is 1.89 bits per heavy atom. The SMILES string of the molecule is COc1ccc(SCC(=O)Nc2cccc(CSc3ccccn3)c2)cc1. The van der Waals surface area contributed by atoms with Crippen molar-refractivity contribution in [2.45, 2.75) is 15.7 Å². The molecule has 0 aliphatic carbocycles. The second kappa shape index (κ2) is 10.0. The summed E-state index contributed by atoms with van der Waals surface area (Å²) in [6.07, 6.45) is 1.79. The van der Waals surface area contributed by atoms with Gasteiger partial charge in [0.05, 0.1) is 17.9 Å². The van der Waals surface area contributed by atoms with Gasteiger partial charge >= 0.3 is 0 Å². The van der Waals surface area contributed by atoms with Crippen LogP contribution in [0.25, 0.3) is 0 Å². The Labute approximate surface area is 167 Å². The Kier molecular flexibility index (Phi) is 7.19. The normalized spacial score (nSPS) is 10.4. The van der Waals surface area contributed by atoms with Gasteiger partial charge in [-0.15, -0.1) is 23.5 Å². The molecule has 0 atom stereocenters. The zero-order valence-corrected chi connectivity index (χ0v) is 16.6. The van der Waals surface area contributed by atoms with Crippen LogP contribution in [0, 0.1) is 0 Å². The van der Waals surface area contributed by atoms with Gasteiger partial charge in [0.1, 0.15) is 5.75 Å². The molecule has 0 unspecified atom stereocenters. The highest BCUT2D eigenvalue weighted by Crippen LogP contribution is 2.23. The number of rotatable bonds is 8.